The summed E-state index contributed by atoms with van der Waals surface area (Å²) in [6, 6.07) is 8.67. The molecule has 0 radical (unpaired) electrons. The Morgan fingerprint density at radius 1 is 1.37 bits per heavy atom. The van der Waals surface area contributed by atoms with Crippen molar-refractivity contribution < 1.29 is 0 Å². The number of halogens is 2. The van der Waals surface area contributed by atoms with Crippen LogP contribution in [0.3, 0.4) is 0 Å². The molecule has 0 amide bonds. The van der Waals surface area contributed by atoms with Crippen LogP contribution in [0.5, 0.6) is 0 Å². The molecular weight excluding hydrogens is 529 g/mol. The van der Waals surface area contributed by atoms with Crippen molar-refractivity contribution in [3.63, 3.8) is 0 Å². The average Bonchev–Trinajstić information content (AvgIpc) is 3.12. The Morgan fingerprint density at radius 3 is 2.90 bits per heavy atom. The number of aliphatic imine (C=N–C) groups is 1. The van der Waals surface area contributed by atoms with E-state index in [1.54, 1.807) is 11.3 Å². The third-order valence-corrected chi connectivity index (χ3v) is 6.74. The molecule has 1 aromatic heterocycles. The van der Waals surface area contributed by atoms with Crippen LogP contribution < -0.4 is 10.6 Å². The maximum atomic E-state index is 6.26. The van der Waals surface area contributed by atoms with Gasteiger partial charge in [0.05, 0.1) is 5.01 Å². The van der Waals surface area contributed by atoms with E-state index in [4.69, 9.17) is 11.6 Å². The summed E-state index contributed by atoms with van der Waals surface area (Å²) in [5.74, 6) is 1.39. The van der Waals surface area contributed by atoms with E-state index in [-0.39, 0.29) is 24.0 Å². The van der Waals surface area contributed by atoms with E-state index in [2.05, 4.69) is 56.1 Å². The number of hydrogen-bond acceptors (Lipinski definition) is 4. The second kappa shape index (κ2) is 12.8. The fourth-order valence-electron chi connectivity index (χ4n) is 4.10. The molecule has 2 heterocycles. The first-order chi connectivity index (χ1) is 14.1. The first-order valence-electron chi connectivity index (χ1n) is 10.4. The van der Waals surface area contributed by atoms with Crippen molar-refractivity contribution in [3.05, 3.63) is 50.9 Å². The van der Waals surface area contributed by atoms with Gasteiger partial charge in [0.1, 0.15) is 0 Å². The van der Waals surface area contributed by atoms with E-state index >= 15 is 0 Å². The molecule has 0 aliphatic carbocycles. The maximum absolute atomic E-state index is 6.26. The van der Waals surface area contributed by atoms with Gasteiger partial charge in [0.25, 0.3) is 0 Å². The largest absolute Gasteiger partial charge is 0.356 e. The highest BCUT2D eigenvalue weighted by molar-refractivity contribution is 14.0. The highest BCUT2D eigenvalue weighted by Crippen LogP contribution is 2.35. The highest BCUT2D eigenvalue weighted by Gasteiger charge is 2.30. The molecule has 0 saturated carbocycles. The summed E-state index contributed by atoms with van der Waals surface area (Å²) in [6.45, 7) is 4.95. The molecule has 1 saturated heterocycles. The Kier molecular flexibility index (Phi) is 10.8. The van der Waals surface area contributed by atoms with Crippen molar-refractivity contribution in [2.24, 2.45) is 10.9 Å². The Morgan fingerprint density at radius 2 is 2.20 bits per heavy atom. The number of piperidine rings is 1. The minimum atomic E-state index is 0. The number of aryl methyl sites for hydroxylation is 2. The van der Waals surface area contributed by atoms with Crippen LogP contribution in [0.4, 0.5) is 0 Å². The Balaban J connectivity index is 0.00000320. The van der Waals surface area contributed by atoms with Gasteiger partial charge in [-0.05, 0) is 63.4 Å². The van der Waals surface area contributed by atoms with Gasteiger partial charge in [-0.15, -0.1) is 35.3 Å². The predicted octanol–water partition coefficient (Wildman–Crippen LogP) is 4.90. The Hall–Kier alpha value is -0.900. The number of hydrogen-bond donors (Lipinski definition) is 2. The van der Waals surface area contributed by atoms with Gasteiger partial charge in [0, 0.05) is 48.7 Å². The molecule has 3 rings (SSSR count). The van der Waals surface area contributed by atoms with Crippen molar-refractivity contribution in [2.45, 2.75) is 38.6 Å². The van der Waals surface area contributed by atoms with Crippen LogP contribution in [0.25, 0.3) is 0 Å². The lowest BCUT2D eigenvalue weighted by atomic mass is 9.85. The molecule has 1 aliphatic rings. The van der Waals surface area contributed by atoms with Gasteiger partial charge in [-0.25, -0.2) is 4.98 Å². The van der Waals surface area contributed by atoms with Crippen LogP contribution in [-0.2, 0) is 6.42 Å². The first-order valence-corrected chi connectivity index (χ1v) is 11.6. The van der Waals surface area contributed by atoms with E-state index in [0.29, 0.717) is 12.0 Å². The van der Waals surface area contributed by atoms with Gasteiger partial charge in [0.2, 0.25) is 0 Å². The van der Waals surface area contributed by atoms with Crippen molar-refractivity contribution in [3.8, 4) is 0 Å². The molecule has 1 aliphatic heterocycles. The van der Waals surface area contributed by atoms with Crippen LogP contribution in [0, 0.1) is 12.8 Å². The molecule has 1 fully saturated rings. The van der Waals surface area contributed by atoms with Crippen LogP contribution in [0.15, 0.2) is 34.6 Å². The van der Waals surface area contributed by atoms with E-state index < -0.39 is 0 Å². The highest BCUT2D eigenvalue weighted by atomic mass is 127. The molecular formula is C22H33ClIN5S. The summed E-state index contributed by atoms with van der Waals surface area (Å²) in [6.07, 6.45) is 4.48. The quantitative estimate of drug-likeness (QED) is 0.218. The van der Waals surface area contributed by atoms with Gasteiger partial charge >= 0.3 is 0 Å². The lowest BCUT2D eigenvalue weighted by molar-refractivity contribution is 0.122. The normalized spacial score (nSPS) is 19.9. The molecule has 2 unspecified atom stereocenters. The summed E-state index contributed by atoms with van der Waals surface area (Å²) >= 11 is 8.00. The summed E-state index contributed by atoms with van der Waals surface area (Å²) in [5.41, 5.74) is 2.41. The molecule has 30 heavy (non-hydrogen) atoms. The summed E-state index contributed by atoms with van der Waals surface area (Å²) in [7, 11) is 4.05. The zero-order valence-electron chi connectivity index (χ0n) is 18.0. The molecule has 0 bridgehead atoms. The second-order valence-electron chi connectivity index (χ2n) is 7.75. The second-order valence-corrected chi connectivity index (χ2v) is 9.13. The third-order valence-electron chi connectivity index (χ3n) is 5.48. The molecule has 5 nitrogen and oxygen atoms in total. The van der Waals surface area contributed by atoms with Crippen molar-refractivity contribution in [1.29, 1.82) is 0 Å². The number of aromatic nitrogens is 1. The predicted molar refractivity (Wildman–Crippen MR) is 139 cm³/mol. The SMILES string of the molecule is CN=C(NCCCc1nc(C)cs1)NCC1CCCN(C)C1c1cccc(Cl)c1.I. The fourth-order valence-corrected chi connectivity index (χ4v) is 5.12. The number of likely N-dealkylation sites (tertiary alicyclic amines) is 1. The van der Waals surface area contributed by atoms with Gasteiger partial charge in [-0.2, -0.15) is 0 Å². The molecule has 1 aromatic carbocycles. The van der Waals surface area contributed by atoms with Gasteiger partial charge < -0.3 is 10.6 Å². The minimum absolute atomic E-state index is 0. The van der Waals surface area contributed by atoms with Gasteiger partial charge in [-0.3, -0.25) is 9.89 Å². The van der Waals surface area contributed by atoms with Gasteiger partial charge in [0.15, 0.2) is 5.96 Å². The summed E-state index contributed by atoms with van der Waals surface area (Å²) in [4.78, 5) is 11.4. The van der Waals surface area contributed by atoms with Crippen LogP contribution >= 0.6 is 46.9 Å². The van der Waals surface area contributed by atoms with Crippen molar-refractivity contribution in [2.75, 3.05) is 33.7 Å². The zero-order chi connectivity index (χ0) is 20.6. The Bertz CT molecular complexity index is 812. The average molecular weight is 562 g/mol. The smallest absolute Gasteiger partial charge is 0.190 e. The summed E-state index contributed by atoms with van der Waals surface area (Å²) in [5, 5.41) is 11.1. The number of thiazole rings is 1. The molecule has 2 aromatic rings. The number of nitrogens with one attached hydrogen (secondary N) is 2. The molecule has 166 valence electrons. The standard InChI is InChI=1S/C22H32ClN5S.HI/c1-16-15-29-20(27-16)10-5-11-25-22(24-2)26-14-18-8-6-12-28(3)21(18)17-7-4-9-19(23)13-17;/h4,7,9,13,15,18,21H,5-6,8,10-12,14H2,1-3H3,(H2,24,25,26);1H. The molecule has 8 heteroatoms. The number of nitrogens with zero attached hydrogens (tertiary/aromatic N) is 3. The molecule has 0 spiro atoms. The number of benzene rings is 1. The topological polar surface area (TPSA) is 52.6 Å². The van der Waals surface area contributed by atoms with Crippen LogP contribution in [-0.4, -0.2) is 49.6 Å². The fraction of sp³-hybridized carbons (Fsp3) is 0.545. The molecule has 2 atom stereocenters. The minimum Gasteiger partial charge on any atom is -0.356 e. The number of rotatable bonds is 7. The van der Waals surface area contributed by atoms with E-state index in [9.17, 15) is 0 Å². The summed E-state index contributed by atoms with van der Waals surface area (Å²) < 4.78 is 0. The zero-order valence-corrected chi connectivity index (χ0v) is 21.9. The lowest BCUT2D eigenvalue weighted by Gasteiger charge is -2.40. The lowest BCUT2D eigenvalue weighted by Crippen LogP contribution is -2.45. The monoisotopic (exact) mass is 561 g/mol. The molecule has 2 N–H and O–H groups in total. The van der Waals surface area contributed by atoms with E-state index in [1.165, 1.54) is 23.4 Å². The Labute approximate surface area is 206 Å². The van der Waals surface area contributed by atoms with E-state index in [1.807, 2.05) is 20.0 Å². The van der Waals surface area contributed by atoms with Gasteiger partial charge in [-0.1, -0.05) is 23.7 Å². The third kappa shape index (κ3) is 7.35. The first kappa shape index (κ1) is 25.4. The van der Waals surface area contributed by atoms with Crippen LogP contribution in [0.2, 0.25) is 5.02 Å². The van der Waals surface area contributed by atoms with E-state index in [0.717, 1.165) is 49.2 Å². The van der Waals surface area contributed by atoms with Crippen molar-refractivity contribution >= 4 is 52.9 Å². The van der Waals surface area contributed by atoms with Crippen LogP contribution in [0.1, 0.15) is 41.6 Å². The maximum Gasteiger partial charge on any atom is 0.190 e. The van der Waals surface area contributed by atoms with Crippen molar-refractivity contribution in [1.82, 2.24) is 20.5 Å². The number of guanidine groups is 1.